The number of imide groups is 1. The fraction of sp³-hybridized carbons (Fsp3) is 0.475. The molecule has 6 N–H and O–H groups in total. The first-order chi connectivity index (χ1) is 27.7. The van der Waals surface area contributed by atoms with E-state index in [1.165, 1.54) is 36.4 Å². The van der Waals surface area contributed by atoms with Crippen molar-refractivity contribution in [2.45, 2.75) is 91.5 Å². The number of rotatable bonds is 22. The Labute approximate surface area is 341 Å². The van der Waals surface area contributed by atoms with Gasteiger partial charge in [-0.05, 0) is 82.2 Å². The third-order valence-corrected chi connectivity index (χ3v) is 9.57. The zero-order valence-electron chi connectivity index (χ0n) is 34.0. The average Bonchev–Trinajstić information content (AvgIpc) is 3.51. The van der Waals surface area contributed by atoms with Crippen LogP contribution in [-0.4, -0.2) is 88.9 Å². The third-order valence-electron chi connectivity index (χ3n) is 9.57. The number of anilines is 1. The van der Waals surface area contributed by atoms with Crippen LogP contribution in [0.3, 0.4) is 0 Å². The van der Waals surface area contributed by atoms with Gasteiger partial charge in [0.25, 0.3) is 17.5 Å². The summed E-state index contributed by atoms with van der Waals surface area (Å²) in [4.78, 5) is 99.7. The summed E-state index contributed by atoms with van der Waals surface area (Å²) < 4.78 is 16.4. The van der Waals surface area contributed by atoms with E-state index < -0.39 is 75.7 Å². The van der Waals surface area contributed by atoms with Crippen molar-refractivity contribution in [3.05, 3.63) is 76.4 Å². The van der Waals surface area contributed by atoms with Crippen LogP contribution in [0, 0.1) is 21.4 Å². The molecular formula is C40H53N7O12. The number of non-ortho nitro benzene ring substituents is 1. The largest absolute Gasteiger partial charge is 0.514 e. The smallest absolute Gasteiger partial charge is 0.429 e. The number of nitro groups is 1. The van der Waals surface area contributed by atoms with Gasteiger partial charge in [-0.2, -0.15) is 0 Å². The summed E-state index contributed by atoms with van der Waals surface area (Å²) in [6.45, 7) is 10.6. The van der Waals surface area contributed by atoms with Crippen molar-refractivity contribution in [3.8, 4) is 5.75 Å². The van der Waals surface area contributed by atoms with Crippen molar-refractivity contribution in [2.75, 3.05) is 25.0 Å². The summed E-state index contributed by atoms with van der Waals surface area (Å²) in [5.41, 5.74) is 4.02. The Kier molecular flexibility index (Phi) is 17.1. The molecule has 1 aliphatic heterocycles. The molecule has 0 saturated carbocycles. The molecule has 2 aromatic carbocycles. The Bertz CT molecular complexity index is 1860. The number of amides is 7. The van der Waals surface area contributed by atoms with Crippen molar-refractivity contribution in [1.82, 2.24) is 20.9 Å². The van der Waals surface area contributed by atoms with E-state index in [0.29, 0.717) is 24.1 Å². The van der Waals surface area contributed by atoms with Crippen LogP contribution in [0.5, 0.6) is 5.75 Å². The number of hydrogen-bond donors (Lipinski definition) is 5. The zero-order valence-corrected chi connectivity index (χ0v) is 34.0. The van der Waals surface area contributed by atoms with Gasteiger partial charge in [-0.25, -0.2) is 9.59 Å². The summed E-state index contributed by atoms with van der Waals surface area (Å²) in [5.74, 6) is -2.80. The standard InChI is InChI=1S/C40H53N7O12/c1-7-40(6,20-22-46-31(48)18-19-32(46)49)58-24-39(4,5)36(52)45-33(25(2)3)35(51)44-30(9-8-21-42-37(41)53)34(50)43-27-12-10-26(11-13-27)23-57-38(54)59-29-16-14-28(15-17-29)47(55)56/h10-19,25,30,33H,7-9,20-24H2,1-6H3,(H,43,50)(H,44,51)(H,45,52)(H3,41,42,53)/t30-,33-,40?/m0/s1. The number of hydrogen-bond acceptors (Lipinski definition) is 12. The first-order valence-electron chi connectivity index (χ1n) is 19.0. The lowest BCUT2D eigenvalue weighted by molar-refractivity contribution is -0.384. The minimum atomic E-state index is -1.12. The van der Waals surface area contributed by atoms with Crippen LogP contribution in [0.25, 0.3) is 0 Å². The second-order valence-corrected chi connectivity index (χ2v) is 15.2. The summed E-state index contributed by atoms with van der Waals surface area (Å²) in [7, 11) is 0. The Hall–Kier alpha value is -6.37. The normalized spacial score (nSPS) is 14.5. The monoisotopic (exact) mass is 823 g/mol. The van der Waals surface area contributed by atoms with Gasteiger partial charge in [0.2, 0.25) is 17.7 Å². The number of ether oxygens (including phenoxy) is 3. The molecule has 0 saturated heterocycles. The van der Waals surface area contributed by atoms with Gasteiger partial charge in [-0.3, -0.25) is 39.0 Å². The van der Waals surface area contributed by atoms with Crippen molar-refractivity contribution < 1.29 is 52.7 Å². The number of nitrogens with zero attached hydrogens (tertiary/aromatic N) is 2. The number of nitrogens with one attached hydrogen (secondary N) is 4. The summed E-state index contributed by atoms with van der Waals surface area (Å²) >= 11 is 0. The molecule has 1 heterocycles. The predicted octanol–water partition coefficient (Wildman–Crippen LogP) is 3.85. The van der Waals surface area contributed by atoms with Crippen LogP contribution >= 0.6 is 0 Å². The molecule has 0 aliphatic carbocycles. The highest BCUT2D eigenvalue weighted by atomic mass is 16.7. The van der Waals surface area contributed by atoms with Crippen LogP contribution in [0.4, 0.5) is 21.0 Å². The molecule has 19 nitrogen and oxygen atoms in total. The number of carbonyl (C=O) groups excluding carboxylic acids is 7. The van der Waals surface area contributed by atoms with E-state index in [9.17, 15) is 43.7 Å². The van der Waals surface area contributed by atoms with E-state index >= 15 is 0 Å². The fourth-order valence-electron chi connectivity index (χ4n) is 5.51. The van der Waals surface area contributed by atoms with Gasteiger partial charge in [0.05, 0.1) is 22.5 Å². The number of carbonyl (C=O) groups is 7. The third kappa shape index (κ3) is 14.8. The molecule has 0 aromatic heterocycles. The quantitative estimate of drug-likeness (QED) is 0.0283. The predicted molar refractivity (Wildman–Crippen MR) is 213 cm³/mol. The van der Waals surface area contributed by atoms with Gasteiger partial charge in [0.1, 0.15) is 24.4 Å². The molecule has 7 amide bonds. The molecule has 59 heavy (non-hydrogen) atoms. The second kappa shape index (κ2) is 21.4. The summed E-state index contributed by atoms with van der Waals surface area (Å²) in [6, 6.07) is 8.27. The Balaban J connectivity index is 1.61. The number of nitrogens with two attached hydrogens (primary N) is 1. The molecular weight excluding hydrogens is 770 g/mol. The van der Waals surface area contributed by atoms with Gasteiger partial charge in [-0.1, -0.05) is 32.9 Å². The van der Waals surface area contributed by atoms with E-state index in [1.807, 2.05) is 13.8 Å². The van der Waals surface area contributed by atoms with Crippen LogP contribution in [0.1, 0.15) is 72.8 Å². The summed E-state index contributed by atoms with van der Waals surface area (Å²) in [5, 5.41) is 21.6. The molecule has 0 fully saturated rings. The minimum absolute atomic E-state index is 0.0369. The molecule has 3 atom stereocenters. The fourth-order valence-corrected chi connectivity index (χ4v) is 5.51. The van der Waals surface area contributed by atoms with E-state index in [0.717, 1.165) is 4.90 Å². The molecule has 0 radical (unpaired) electrons. The first-order valence-corrected chi connectivity index (χ1v) is 19.0. The highest BCUT2D eigenvalue weighted by molar-refractivity contribution is 6.12. The number of benzene rings is 2. The van der Waals surface area contributed by atoms with E-state index in [2.05, 4.69) is 21.3 Å². The van der Waals surface area contributed by atoms with Gasteiger partial charge in [0.15, 0.2) is 0 Å². The van der Waals surface area contributed by atoms with Crippen molar-refractivity contribution in [2.24, 2.45) is 17.1 Å². The van der Waals surface area contributed by atoms with E-state index in [-0.39, 0.29) is 50.6 Å². The second-order valence-electron chi connectivity index (χ2n) is 15.2. The number of primary amides is 1. The molecule has 19 heteroatoms. The summed E-state index contributed by atoms with van der Waals surface area (Å²) in [6.07, 6.45) is 2.64. The van der Waals surface area contributed by atoms with E-state index in [1.54, 1.807) is 52.0 Å². The van der Waals surface area contributed by atoms with Gasteiger partial charge in [-0.15, -0.1) is 0 Å². The molecule has 1 unspecified atom stereocenters. The molecule has 320 valence electrons. The van der Waals surface area contributed by atoms with E-state index in [4.69, 9.17) is 19.9 Å². The van der Waals surface area contributed by atoms with Crippen molar-refractivity contribution in [3.63, 3.8) is 0 Å². The SMILES string of the molecule is CCC(C)(CCN1C(=O)C=CC1=O)OCC(C)(C)C(=O)N[C@H](C(=O)N[C@@H](CCCNC(N)=O)C(=O)Nc1ccc(COC(=O)Oc2ccc([N+](=O)[O-])cc2)cc1)C(C)C. The Morgan fingerprint density at radius 3 is 2.10 bits per heavy atom. The minimum Gasteiger partial charge on any atom is -0.429 e. The molecule has 2 aromatic rings. The maximum Gasteiger partial charge on any atom is 0.514 e. The molecule has 3 rings (SSSR count). The number of urea groups is 1. The van der Waals surface area contributed by atoms with Crippen molar-refractivity contribution in [1.29, 1.82) is 0 Å². The van der Waals surface area contributed by atoms with Crippen molar-refractivity contribution >= 4 is 53.1 Å². The maximum atomic E-state index is 13.7. The lowest BCUT2D eigenvalue weighted by atomic mass is 9.90. The topological polar surface area (TPSA) is 268 Å². The van der Waals surface area contributed by atoms with Crippen LogP contribution in [0.15, 0.2) is 60.7 Å². The highest BCUT2D eigenvalue weighted by Crippen LogP contribution is 2.27. The van der Waals surface area contributed by atoms with Gasteiger partial charge >= 0.3 is 12.2 Å². The molecule has 1 aliphatic rings. The lowest BCUT2D eigenvalue weighted by Crippen LogP contribution is -2.57. The molecule has 0 bridgehead atoms. The van der Waals surface area contributed by atoms with Crippen LogP contribution in [-0.2, 0) is 40.1 Å². The maximum absolute atomic E-state index is 13.7. The average molecular weight is 824 g/mol. The lowest BCUT2D eigenvalue weighted by Gasteiger charge is -2.35. The highest BCUT2D eigenvalue weighted by Gasteiger charge is 2.37. The van der Waals surface area contributed by atoms with Crippen LogP contribution < -0.4 is 31.7 Å². The first kappa shape index (κ1) is 47.0. The molecule has 0 spiro atoms. The van der Waals surface area contributed by atoms with Crippen LogP contribution in [0.2, 0.25) is 0 Å². The Morgan fingerprint density at radius 2 is 1.54 bits per heavy atom. The Morgan fingerprint density at radius 1 is 0.915 bits per heavy atom. The van der Waals surface area contributed by atoms with Gasteiger partial charge in [0, 0.05) is 43.1 Å². The zero-order chi connectivity index (χ0) is 43.9. The number of nitro benzene ring substituents is 1. The van der Waals surface area contributed by atoms with Gasteiger partial charge < -0.3 is 41.2 Å².